The Kier molecular flexibility index (Phi) is 37.4. The Morgan fingerprint density at radius 3 is 1.08 bits per heavy atom. The average molecular weight is 752 g/mol. The molecule has 1 amide bonds. The number of rotatable bonds is 41. The van der Waals surface area contributed by atoms with Crippen molar-refractivity contribution in [1.29, 1.82) is 0 Å². The molecule has 1 N–H and O–H groups in total. The van der Waals surface area contributed by atoms with Crippen molar-refractivity contribution in [3.05, 3.63) is 0 Å². The first-order chi connectivity index (χ1) is 25.7. The van der Waals surface area contributed by atoms with Gasteiger partial charge in [0.1, 0.15) is 6.04 Å². The van der Waals surface area contributed by atoms with E-state index in [0.29, 0.717) is 17.7 Å². The molecule has 0 spiro atoms. The van der Waals surface area contributed by atoms with Crippen molar-refractivity contribution < 1.29 is 28.3 Å². The zero-order valence-corrected chi connectivity index (χ0v) is 36.2. The van der Waals surface area contributed by atoms with Gasteiger partial charge in [-0.25, -0.2) is 4.79 Å². The van der Waals surface area contributed by atoms with Crippen molar-refractivity contribution in [2.24, 2.45) is 0 Å². The summed E-state index contributed by atoms with van der Waals surface area (Å²) >= 11 is 0. The third kappa shape index (κ3) is 39.9. The summed E-state index contributed by atoms with van der Waals surface area (Å²) < 4.78 is 11.5. The number of esters is 2. The molecule has 314 valence electrons. The zero-order valence-electron chi connectivity index (χ0n) is 36.2. The Hall–Kier alpha value is -1.63. The minimum Gasteiger partial charge on any atom is -0.466 e. The van der Waals surface area contributed by atoms with Crippen molar-refractivity contribution in [2.75, 3.05) is 40.9 Å². The lowest BCUT2D eigenvalue weighted by molar-refractivity contribution is -0.862. The first-order valence-corrected chi connectivity index (χ1v) is 23.1. The summed E-state index contributed by atoms with van der Waals surface area (Å²) in [6.07, 6.45) is 41.9. The van der Waals surface area contributed by atoms with Crippen molar-refractivity contribution >= 4 is 17.8 Å². The molecule has 0 aromatic rings. The summed E-state index contributed by atoms with van der Waals surface area (Å²) in [7, 11) is 5.79. The van der Waals surface area contributed by atoms with E-state index in [4.69, 9.17) is 9.47 Å². The first-order valence-electron chi connectivity index (χ1n) is 23.1. The van der Waals surface area contributed by atoms with E-state index in [0.717, 1.165) is 32.1 Å². The van der Waals surface area contributed by atoms with Crippen LogP contribution in [0.4, 0.5) is 0 Å². The van der Waals surface area contributed by atoms with Crippen LogP contribution < -0.4 is 5.32 Å². The van der Waals surface area contributed by atoms with E-state index in [-0.39, 0.29) is 31.3 Å². The quantitative estimate of drug-likeness (QED) is 0.0382. The third-order valence-electron chi connectivity index (χ3n) is 10.4. The molecule has 7 heteroatoms. The highest BCUT2D eigenvalue weighted by molar-refractivity contribution is 5.85. The Morgan fingerprint density at radius 1 is 0.453 bits per heavy atom. The van der Waals surface area contributed by atoms with E-state index in [1.165, 1.54) is 173 Å². The van der Waals surface area contributed by atoms with E-state index in [1.54, 1.807) is 0 Å². The summed E-state index contributed by atoms with van der Waals surface area (Å²) in [5.74, 6) is -0.989. The molecule has 53 heavy (non-hydrogen) atoms. The van der Waals surface area contributed by atoms with Crippen molar-refractivity contribution in [3.8, 4) is 0 Å². The Balaban J connectivity index is 4.01. The number of nitrogens with zero attached hydrogens (tertiary/aromatic N) is 1. The van der Waals surface area contributed by atoms with Gasteiger partial charge in [0, 0.05) is 6.42 Å². The van der Waals surface area contributed by atoms with Crippen LogP contribution in [0.5, 0.6) is 0 Å². The normalized spacial score (nSPS) is 12.2. The zero-order chi connectivity index (χ0) is 39.1. The molecule has 0 aromatic heterocycles. The third-order valence-corrected chi connectivity index (χ3v) is 10.4. The van der Waals surface area contributed by atoms with Gasteiger partial charge >= 0.3 is 11.9 Å². The second-order valence-electron chi connectivity index (χ2n) is 17.1. The molecule has 0 aliphatic rings. The molecular weight excluding hydrogens is 661 g/mol. The molecule has 0 aliphatic heterocycles. The number of likely N-dealkylation sites (N-methyl/N-ethyl adjacent to an activating group) is 1. The molecule has 0 radical (unpaired) electrons. The molecule has 0 unspecified atom stereocenters. The standard InChI is InChI=1S/C46H90N2O5/c1-6-8-10-12-14-16-18-20-22-24-26-28-30-32-34-36-40-52-45(50)39-38-43(47-44(49)42-48(3,4)5)46(51)53-41-37-35-33-31-29-27-25-23-21-19-17-15-13-11-9-7-2/h43H,6-42H2,1-5H3/p+1/t43-/m0/s1. The van der Waals surface area contributed by atoms with Crippen LogP contribution >= 0.6 is 0 Å². The van der Waals surface area contributed by atoms with Crippen LogP contribution in [0.1, 0.15) is 232 Å². The first kappa shape index (κ1) is 51.4. The van der Waals surface area contributed by atoms with Crippen LogP contribution in [0.15, 0.2) is 0 Å². The summed E-state index contributed by atoms with van der Waals surface area (Å²) in [6, 6.07) is -0.835. The van der Waals surface area contributed by atoms with Gasteiger partial charge in [0.15, 0.2) is 6.54 Å². The number of unbranched alkanes of at least 4 members (excludes halogenated alkanes) is 30. The molecule has 0 aliphatic carbocycles. The van der Waals surface area contributed by atoms with Gasteiger partial charge in [-0.05, 0) is 19.3 Å². The number of ether oxygens (including phenoxy) is 2. The van der Waals surface area contributed by atoms with E-state index in [2.05, 4.69) is 19.2 Å². The maximum Gasteiger partial charge on any atom is 0.328 e. The minimum absolute atomic E-state index is 0.0856. The number of carbonyl (C=O) groups is 3. The van der Waals surface area contributed by atoms with E-state index in [1.807, 2.05) is 21.1 Å². The molecule has 1 atom stereocenters. The van der Waals surface area contributed by atoms with Gasteiger partial charge in [-0.1, -0.05) is 206 Å². The highest BCUT2D eigenvalue weighted by Crippen LogP contribution is 2.16. The topological polar surface area (TPSA) is 81.7 Å². The van der Waals surface area contributed by atoms with E-state index < -0.39 is 12.0 Å². The van der Waals surface area contributed by atoms with Crippen LogP contribution in [0, 0.1) is 0 Å². The number of nitrogens with one attached hydrogen (secondary N) is 1. The summed E-state index contributed by atoms with van der Waals surface area (Å²) in [5.41, 5.74) is 0. The number of quaternary nitrogens is 1. The van der Waals surface area contributed by atoms with Gasteiger partial charge in [0.25, 0.3) is 5.91 Å². The minimum atomic E-state index is -0.835. The molecule has 0 rings (SSSR count). The van der Waals surface area contributed by atoms with Gasteiger partial charge in [-0.15, -0.1) is 0 Å². The predicted octanol–water partition coefficient (Wildman–Crippen LogP) is 12.6. The van der Waals surface area contributed by atoms with Crippen molar-refractivity contribution in [3.63, 3.8) is 0 Å². The van der Waals surface area contributed by atoms with Gasteiger partial charge in [0.05, 0.1) is 34.4 Å². The van der Waals surface area contributed by atoms with Crippen LogP contribution in [0.2, 0.25) is 0 Å². The van der Waals surface area contributed by atoms with Gasteiger partial charge in [0.2, 0.25) is 0 Å². The molecule has 0 fully saturated rings. The molecule has 0 saturated carbocycles. The van der Waals surface area contributed by atoms with E-state index in [9.17, 15) is 14.4 Å². The van der Waals surface area contributed by atoms with Gasteiger partial charge < -0.3 is 19.3 Å². The van der Waals surface area contributed by atoms with Gasteiger partial charge in [-0.2, -0.15) is 0 Å². The van der Waals surface area contributed by atoms with Crippen LogP contribution in [-0.4, -0.2) is 69.3 Å². The molecular formula is C46H91N2O5+. The SMILES string of the molecule is CCCCCCCCCCCCCCCCCCOC(=O)CC[C@H](NC(=O)C[N+](C)(C)C)C(=O)OCCCCCCCCCCCCCCCCCC. The highest BCUT2D eigenvalue weighted by Gasteiger charge is 2.26. The molecule has 0 aromatic carbocycles. The van der Waals surface area contributed by atoms with E-state index >= 15 is 0 Å². The lowest BCUT2D eigenvalue weighted by Crippen LogP contribution is -2.49. The average Bonchev–Trinajstić information content (AvgIpc) is 3.11. The molecule has 0 bridgehead atoms. The summed E-state index contributed by atoms with van der Waals surface area (Å²) in [6.45, 7) is 5.56. The lowest BCUT2D eigenvalue weighted by atomic mass is 10.0. The number of hydrogen-bond donors (Lipinski definition) is 1. The smallest absolute Gasteiger partial charge is 0.328 e. The van der Waals surface area contributed by atoms with Crippen LogP contribution in [0.3, 0.4) is 0 Å². The summed E-state index contributed by atoms with van der Waals surface area (Å²) in [5, 5.41) is 2.82. The van der Waals surface area contributed by atoms with Crippen LogP contribution in [-0.2, 0) is 23.9 Å². The van der Waals surface area contributed by atoms with Crippen molar-refractivity contribution in [2.45, 2.75) is 238 Å². The van der Waals surface area contributed by atoms with Crippen molar-refractivity contribution in [1.82, 2.24) is 5.32 Å². The van der Waals surface area contributed by atoms with Gasteiger partial charge in [-0.3, -0.25) is 9.59 Å². The Labute approximate surface area is 329 Å². The van der Waals surface area contributed by atoms with Crippen LogP contribution in [0.25, 0.3) is 0 Å². The number of carbonyl (C=O) groups excluding carboxylic acids is 3. The maximum atomic E-state index is 12.9. The number of amides is 1. The monoisotopic (exact) mass is 752 g/mol. The largest absolute Gasteiger partial charge is 0.466 e. The predicted molar refractivity (Wildman–Crippen MR) is 225 cm³/mol. The molecule has 0 saturated heterocycles. The second-order valence-corrected chi connectivity index (χ2v) is 17.1. The Morgan fingerprint density at radius 2 is 0.755 bits per heavy atom. The fourth-order valence-corrected chi connectivity index (χ4v) is 7.01. The summed E-state index contributed by atoms with van der Waals surface area (Å²) in [4.78, 5) is 38.1. The fourth-order valence-electron chi connectivity index (χ4n) is 7.01. The fraction of sp³-hybridized carbons (Fsp3) is 0.935. The maximum absolute atomic E-state index is 12.9. The number of hydrogen-bond acceptors (Lipinski definition) is 5. The highest BCUT2D eigenvalue weighted by atomic mass is 16.5. The molecule has 7 nitrogen and oxygen atoms in total. The molecule has 0 heterocycles. The second kappa shape index (κ2) is 38.6. The lowest BCUT2D eigenvalue weighted by Gasteiger charge is -2.24. The Bertz CT molecular complexity index is 827.